The molecule has 2 heteroatoms. The zero-order chi connectivity index (χ0) is 18.9. The predicted octanol–water partition coefficient (Wildman–Crippen LogP) is 7.26. The Labute approximate surface area is 155 Å². The molecule has 3 rings (SSSR count). The Hall–Kier alpha value is -2.48. The lowest BCUT2D eigenvalue weighted by Gasteiger charge is -2.08. The number of aryl methyl sites for hydroxylation is 2. The van der Waals surface area contributed by atoms with Gasteiger partial charge in [0, 0.05) is 5.56 Å². The lowest BCUT2D eigenvalue weighted by atomic mass is 9.97. The molecule has 0 heterocycles. The van der Waals surface area contributed by atoms with E-state index in [0.717, 1.165) is 36.0 Å². The lowest BCUT2D eigenvalue weighted by Crippen LogP contribution is -1.88. The highest BCUT2D eigenvalue weighted by Crippen LogP contribution is 2.28. The van der Waals surface area contributed by atoms with Crippen molar-refractivity contribution >= 4 is 0 Å². The Balaban J connectivity index is 0.00000117. The molecule has 0 N–H and O–H groups in total. The van der Waals surface area contributed by atoms with E-state index in [0.29, 0.717) is 12.7 Å². The fourth-order valence-electron chi connectivity index (χ4n) is 3.00. The second-order valence-electron chi connectivity index (χ2n) is 6.19. The van der Waals surface area contributed by atoms with Crippen LogP contribution in [0.15, 0.2) is 66.7 Å². The maximum Gasteiger partial charge on any atom is 0.131 e. The summed E-state index contributed by atoms with van der Waals surface area (Å²) in [5.74, 6) is -0.171. The van der Waals surface area contributed by atoms with Gasteiger partial charge < -0.3 is 0 Å². The van der Waals surface area contributed by atoms with Gasteiger partial charge in [0.05, 0.1) is 7.18 Å². The van der Waals surface area contributed by atoms with Crippen molar-refractivity contribution in [2.45, 2.75) is 33.1 Å². The smallest absolute Gasteiger partial charge is 0.131 e. The summed E-state index contributed by atoms with van der Waals surface area (Å²) in [6, 6.07) is 22.1. The maximum absolute atomic E-state index is 14.6. The van der Waals surface area contributed by atoms with Gasteiger partial charge in [0.15, 0.2) is 0 Å². The summed E-state index contributed by atoms with van der Waals surface area (Å²) < 4.78 is 24.1. The summed E-state index contributed by atoms with van der Waals surface area (Å²) in [7, 11) is 0.500. The summed E-state index contributed by atoms with van der Waals surface area (Å²) in [6.45, 7) is 4.30. The van der Waals surface area contributed by atoms with Crippen LogP contribution in [0, 0.1) is 5.82 Å². The van der Waals surface area contributed by atoms with Crippen molar-refractivity contribution in [1.82, 2.24) is 0 Å². The first kappa shape index (κ1) is 19.8. The number of rotatable bonds is 5. The molecule has 0 aromatic heterocycles. The molecule has 0 spiro atoms. The van der Waals surface area contributed by atoms with Crippen molar-refractivity contribution in [3.8, 4) is 22.3 Å². The minimum absolute atomic E-state index is 0.171. The maximum atomic E-state index is 14.6. The summed E-state index contributed by atoms with van der Waals surface area (Å²) >= 11 is 0. The monoisotopic (exact) mass is 352 g/mol. The van der Waals surface area contributed by atoms with Gasteiger partial charge in [0.25, 0.3) is 0 Å². The number of halogens is 2. The van der Waals surface area contributed by atoms with Crippen molar-refractivity contribution < 1.29 is 8.78 Å². The van der Waals surface area contributed by atoms with Gasteiger partial charge in [-0.15, -0.1) is 0 Å². The predicted molar refractivity (Wildman–Crippen MR) is 108 cm³/mol. The second kappa shape index (κ2) is 9.86. The molecule has 0 unspecified atom stereocenters. The van der Waals surface area contributed by atoms with Gasteiger partial charge in [-0.05, 0) is 46.7 Å². The molecule has 0 fully saturated rings. The van der Waals surface area contributed by atoms with Crippen LogP contribution in [0.2, 0.25) is 0 Å². The molecule has 0 amide bonds. The fourth-order valence-corrected chi connectivity index (χ4v) is 3.00. The molecule has 0 saturated carbocycles. The Morgan fingerprint density at radius 2 is 1.19 bits per heavy atom. The minimum Gasteiger partial charge on any atom is -0.255 e. The molecule has 26 heavy (non-hydrogen) atoms. The van der Waals surface area contributed by atoms with Gasteiger partial charge in [-0.25, -0.2) is 4.39 Å². The number of alkyl halides is 1. The van der Waals surface area contributed by atoms with Gasteiger partial charge in [0.2, 0.25) is 0 Å². The van der Waals surface area contributed by atoms with E-state index in [-0.39, 0.29) is 5.82 Å². The first-order chi connectivity index (χ1) is 12.7. The average molecular weight is 352 g/mol. The van der Waals surface area contributed by atoms with Crippen LogP contribution in [0.1, 0.15) is 31.4 Å². The summed E-state index contributed by atoms with van der Waals surface area (Å²) in [5, 5.41) is 0. The molecule has 0 radical (unpaired) electrons. The molecule has 0 aliphatic heterocycles. The normalized spacial score (nSPS) is 10.2. The number of benzene rings is 3. The second-order valence-corrected chi connectivity index (χ2v) is 6.19. The number of hydrogen-bond donors (Lipinski definition) is 0. The average Bonchev–Trinajstić information content (AvgIpc) is 2.70. The van der Waals surface area contributed by atoms with Gasteiger partial charge in [-0.2, -0.15) is 0 Å². The van der Waals surface area contributed by atoms with E-state index in [9.17, 15) is 8.78 Å². The highest BCUT2D eigenvalue weighted by molar-refractivity contribution is 5.71. The Bertz CT molecular complexity index is 803. The van der Waals surface area contributed by atoms with Gasteiger partial charge in [0.1, 0.15) is 5.82 Å². The van der Waals surface area contributed by atoms with Crippen LogP contribution in [-0.4, -0.2) is 7.18 Å². The minimum atomic E-state index is -0.171. The molecule has 0 saturated heterocycles. The third-order valence-electron chi connectivity index (χ3n) is 4.47. The third-order valence-corrected chi connectivity index (χ3v) is 4.47. The van der Waals surface area contributed by atoms with E-state index in [2.05, 4.69) is 50.2 Å². The van der Waals surface area contributed by atoms with Crippen molar-refractivity contribution in [2.24, 2.45) is 0 Å². The van der Waals surface area contributed by atoms with Crippen LogP contribution in [-0.2, 0) is 12.8 Å². The van der Waals surface area contributed by atoms with Gasteiger partial charge in [-0.3, -0.25) is 4.39 Å². The van der Waals surface area contributed by atoms with Crippen molar-refractivity contribution in [1.29, 1.82) is 0 Å². The van der Waals surface area contributed by atoms with Crippen molar-refractivity contribution in [3.05, 3.63) is 83.7 Å². The highest BCUT2D eigenvalue weighted by Gasteiger charge is 2.07. The molecule has 0 aliphatic carbocycles. The SMILES string of the molecule is CCCc1ccc(-c2ccc(-c3ccc(CC)cc3)cc2F)cc1.CF. The first-order valence-electron chi connectivity index (χ1n) is 9.07. The highest BCUT2D eigenvalue weighted by atomic mass is 19.1. The summed E-state index contributed by atoms with van der Waals surface area (Å²) in [6.07, 6.45) is 3.20. The number of hydrogen-bond acceptors (Lipinski definition) is 0. The van der Waals surface area contributed by atoms with E-state index in [1.165, 1.54) is 11.1 Å². The van der Waals surface area contributed by atoms with Crippen LogP contribution in [0.25, 0.3) is 22.3 Å². The van der Waals surface area contributed by atoms with Crippen LogP contribution in [0.3, 0.4) is 0 Å². The molecule has 3 aromatic rings. The molecule has 0 bridgehead atoms. The molecule has 0 nitrogen and oxygen atoms in total. The molecule has 0 atom stereocenters. The van der Waals surface area contributed by atoms with E-state index >= 15 is 0 Å². The zero-order valence-electron chi connectivity index (χ0n) is 15.7. The Morgan fingerprint density at radius 3 is 1.73 bits per heavy atom. The molecular formula is C24H26F2. The van der Waals surface area contributed by atoms with Crippen LogP contribution < -0.4 is 0 Å². The zero-order valence-corrected chi connectivity index (χ0v) is 15.7. The van der Waals surface area contributed by atoms with Gasteiger partial charge >= 0.3 is 0 Å². The first-order valence-corrected chi connectivity index (χ1v) is 9.07. The standard InChI is InChI=1S/C23H23F.CH3F/c1-3-5-18-8-12-20(13-9-18)22-15-14-21(16-23(22)24)19-10-6-17(4-2)7-11-19;1-2/h6-16H,3-5H2,1-2H3;1H3. The molecular weight excluding hydrogens is 326 g/mol. The lowest BCUT2D eigenvalue weighted by molar-refractivity contribution is 0.632. The largest absolute Gasteiger partial charge is 0.255 e. The van der Waals surface area contributed by atoms with Crippen LogP contribution in [0.5, 0.6) is 0 Å². The van der Waals surface area contributed by atoms with Gasteiger partial charge in [-0.1, -0.05) is 80.9 Å². The molecule has 0 aliphatic rings. The van der Waals surface area contributed by atoms with Crippen molar-refractivity contribution in [2.75, 3.05) is 7.18 Å². The summed E-state index contributed by atoms with van der Waals surface area (Å²) in [4.78, 5) is 0. The van der Waals surface area contributed by atoms with E-state index in [1.54, 1.807) is 6.07 Å². The van der Waals surface area contributed by atoms with E-state index < -0.39 is 0 Å². The Kier molecular flexibility index (Phi) is 7.53. The Morgan fingerprint density at radius 1 is 0.654 bits per heavy atom. The summed E-state index contributed by atoms with van der Waals surface area (Å²) in [5.41, 5.74) is 6.15. The quantitative estimate of drug-likeness (QED) is 0.453. The molecule has 136 valence electrons. The third kappa shape index (κ3) is 4.78. The van der Waals surface area contributed by atoms with Crippen LogP contribution in [0.4, 0.5) is 8.78 Å². The molecule has 3 aromatic carbocycles. The topological polar surface area (TPSA) is 0 Å². The van der Waals surface area contributed by atoms with Crippen LogP contribution >= 0.6 is 0 Å². The van der Waals surface area contributed by atoms with Crippen molar-refractivity contribution in [3.63, 3.8) is 0 Å². The fraction of sp³-hybridized carbons (Fsp3) is 0.250. The van der Waals surface area contributed by atoms with E-state index in [4.69, 9.17) is 0 Å². The van der Waals surface area contributed by atoms with E-state index in [1.807, 2.05) is 24.3 Å².